The third-order valence-electron chi connectivity index (χ3n) is 2.53. The molecule has 93 valence electrons. The van der Waals surface area contributed by atoms with E-state index in [0.717, 1.165) is 22.6 Å². The van der Waals surface area contributed by atoms with Crippen molar-refractivity contribution >= 4 is 0 Å². The molecule has 0 heterocycles. The first-order valence-corrected chi connectivity index (χ1v) is 6.02. The molecule has 1 radical (unpaired) electrons. The van der Waals surface area contributed by atoms with Crippen LogP contribution < -0.4 is 9.47 Å². The molecule has 0 saturated heterocycles. The van der Waals surface area contributed by atoms with E-state index in [2.05, 4.69) is 6.07 Å². The number of hydrogen-bond acceptors (Lipinski definition) is 2. The fraction of sp³-hybridized carbons (Fsp3) is 0.250. The van der Waals surface area contributed by atoms with Crippen LogP contribution in [0.4, 0.5) is 0 Å². The Hall–Kier alpha value is -1.96. The summed E-state index contributed by atoms with van der Waals surface area (Å²) in [6.07, 6.45) is 0.175. The Morgan fingerprint density at radius 3 is 2.61 bits per heavy atom. The first kappa shape index (κ1) is 12.5. The van der Waals surface area contributed by atoms with Gasteiger partial charge < -0.3 is 9.47 Å². The van der Waals surface area contributed by atoms with E-state index < -0.39 is 0 Å². The average molecular weight is 241 g/mol. The molecule has 18 heavy (non-hydrogen) atoms. The first-order chi connectivity index (χ1) is 8.69. The molecule has 0 saturated carbocycles. The van der Waals surface area contributed by atoms with Crippen molar-refractivity contribution < 1.29 is 9.47 Å². The highest BCUT2D eigenvalue weighted by atomic mass is 16.5. The van der Waals surface area contributed by atoms with Crippen molar-refractivity contribution in [1.82, 2.24) is 0 Å². The van der Waals surface area contributed by atoms with E-state index in [1.165, 1.54) is 0 Å². The Kier molecular flexibility index (Phi) is 3.88. The van der Waals surface area contributed by atoms with Gasteiger partial charge in [0, 0.05) is 0 Å². The Bertz CT molecular complexity index is 518. The summed E-state index contributed by atoms with van der Waals surface area (Å²) in [6, 6.07) is 16.9. The second-order valence-corrected chi connectivity index (χ2v) is 4.34. The normalized spacial score (nSPS) is 10.4. The van der Waals surface area contributed by atoms with Crippen LogP contribution in [0.1, 0.15) is 13.8 Å². The van der Waals surface area contributed by atoms with Gasteiger partial charge in [0.05, 0.1) is 13.2 Å². The maximum atomic E-state index is 5.69. The van der Waals surface area contributed by atoms with Crippen molar-refractivity contribution in [2.45, 2.75) is 20.0 Å². The van der Waals surface area contributed by atoms with Gasteiger partial charge in [-0.25, -0.2) is 0 Å². The SMILES string of the molecule is COc1cc[c]c(-c2cccc(OC(C)C)c2)c1. The number of methoxy groups -OCH3 is 1. The summed E-state index contributed by atoms with van der Waals surface area (Å²) in [5.41, 5.74) is 2.08. The van der Waals surface area contributed by atoms with Crippen molar-refractivity contribution in [3.05, 3.63) is 48.5 Å². The third kappa shape index (κ3) is 3.04. The van der Waals surface area contributed by atoms with Gasteiger partial charge >= 0.3 is 0 Å². The zero-order valence-corrected chi connectivity index (χ0v) is 10.9. The van der Waals surface area contributed by atoms with E-state index in [4.69, 9.17) is 9.47 Å². The Balaban J connectivity index is 2.32. The highest BCUT2D eigenvalue weighted by molar-refractivity contribution is 5.65. The minimum atomic E-state index is 0.175. The van der Waals surface area contributed by atoms with Crippen LogP contribution in [0.3, 0.4) is 0 Å². The lowest BCUT2D eigenvalue weighted by Gasteiger charge is -2.11. The zero-order valence-electron chi connectivity index (χ0n) is 10.9. The Labute approximate surface area is 108 Å². The predicted molar refractivity (Wildman–Crippen MR) is 73.0 cm³/mol. The summed E-state index contributed by atoms with van der Waals surface area (Å²) in [5.74, 6) is 1.71. The maximum absolute atomic E-state index is 5.69. The quantitative estimate of drug-likeness (QED) is 0.807. The standard InChI is InChI=1S/C16H17O2/c1-12(2)18-16-9-5-7-14(11-16)13-6-4-8-15(10-13)17-3/h4-5,7-12H,1-3H3. The molecule has 0 aliphatic heterocycles. The van der Waals surface area contributed by atoms with Crippen molar-refractivity contribution in [2.24, 2.45) is 0 Å². The van der Waals surface area contributed by atoms with E-state index >= 15 is 0 Å². The minimum Gasteiger partial charge on any atom is -0.497 e. The molecular formula is C16H17O2. The van der Waals surface area contributed by atoms with E-state index in [1.54, 1.807) is 7.11 Å². The molecule has 0 unspecified atom stereocenters. The van der Waals surface area contributed by atoms with E-state index in [9.17, 15) is 0 Å². The fourth-order valence-electron chi connectivity index (χ4n) is 1.75. The Morgan fingerprint density at radius 1 is 1.06 bits per heavy atom. The van der Waals surface area contributed by atoms with Crippen LogP contribution in [0.2, 0.25) is 0 Å². The molecule has 0 aliphatic rings. The number of hydrogen-bond donors (Lipinski definition) is 0. The largest absolute Gasteiger partial charge is 0.497 e. The van der Waals surface area contributed by atoms with Gasteiger partial charge in [-0.15, -0.1) is 0 Å². The molecule has 2 aromatic rings. The smallest absolute Gasteiger partial charge is 0.120 e. The summed E-state index contributed by atoms with van der Waals surface area (Å²) in [7, 11) is 1.66. The van der Waals surface area contributed by atoms with E-state index in [1.807, 2.05) is 56.3 Å². The second-order valence-electron chi connectivity index (χ2n) is 4.34. The van der Waals surface area contributed by atoms with Crippen molar-refractivity contribution in [1.29, 1.82) is 0 Å². The fourth-order valence-corrected chi connectivity index (χ4v) is 1.75. The second kappa shape index (κ2) is 5.58. The molecule has 0 atom stereocenters. The predicted octanol–water partition coefficient (Wildman–Crippen LogP) is 3.95. The number of rotatable bonds is 4. The Morgan fingerprint density at radius 2 is 1.89 bits per heavy atom. The minimum absolute atomic E-state index is 0.175. The molecule has 0 fully saturated rings. The maximum Gasteiger partial charge on any atom is 0.120 e. The van der Waals surface area contributed by atoms with Crippen molar-refractivity contribution in [3.63, 3.8) is 0 Å². The van der Waals surface area contributed by atoms with Gasteiger partial charge in [-0.1, -0.05) is 18.2 Å². The van der Waals surface area contributed by atoms with Gasteiger partial charge in [0.2, 0.25) is 0 Å². The molecule has 2 rings (SSSR count). The summed E-state index contributed by atoms with van der Waals surface area (Å²) < 4.78 is 10.9. The first-order valence-electron chi connectivity index (χ1n) is 6.02. The summed E-state index contributed by atoms with van der Waals surface area (Å²) in [4.78, 5) is 0. The van der Waals surface area contributed by atoms with Gasteiger partial charge in [-0.2, -0.15) is 0 Å². The van der Waals surface area contributed by atoms with Crippen LogP contribution >= 0.6 is 0 Å². The van der Waals surface area contributed by atoms with Gasteiger partial charge in [0.15, 0.2) is 0 Å². The molecule has 0 aliphatic carbocycles. The summed E-state index contributed by atoms with van der Waals surface area (Å²) in [6.45, 7) is 4.04. The molecule has 0 aromatic heterocycles. The van der Waals surface area contributed by atoms with Crippen LogP contribution in [0.15, 0.2) is 42.5 Å². The van der Waals surface area contributed by atoms with Crippen molar-refractivity contribution in [2.75, 3.05) is 7.11 Å². The molecule has 2 nitrogen and oxygen atoms in total. The lowest BCUT2D eigenvalue weighted by atomic mass is 10.1. The molecular weight excluding hydrogens is 224 g/mol. The van der Waals surface area contributed by atoms with Gasteiger partial charge in [0.1, 0.15) is 11.5 Å². The van der Waals surface area contributed by atoms with Crippen LogP contribution in [-0.4, -0.2) is 13.2 Å². The topological polar surface area (TPSA) is 18.5 Å². The summed E-state index contributed by atoms with van der Waals surface area (Å²) >= 11 is 0. The molecule has 2 aromatic carbocycles. The molecule has 0 N–H and O–H groups in total. The van der Waals surface area contributed by atoms with Crippen LogP contribution in [0.25, 0.3) is 11.1 Å². The number of benzene rings is 2. The van der Waals surface area contributed by atoms with Gasteiger partial charge in [0.25, 0.3) is 0 Å². The monoisotopic (exact) mass is 241 g/mol. The molecule has 0 spiro atoms. The molecule has 2 heteroatoms. The highest BCUT2D eigenvalue weighted by Crippen LogP contribution is 2.26. The molecule has 0 bridgehead atoms. The van der Waals surface area contributed by atoms with E-state index in [0.29, 0.717) is 0 Å². The highest BCUT2D eigenvalue weighted by Gasteiger charge is 2.03. The molecule has 0 amide bonds. The average Bonchev–Trinajstić information content (AvgIpc) is 2.38. The van der Waals surface area contributed by atoms with Gasteiger partial charge in [-0.05, 0) is 55.3 Å². The van der Waals surface area contributed by atoms with Crippen LogP contribution in [-0.2, 0) is 0 Å². The van der Waals surface area contributed by atoms with Gasteiger partial charge in [-0.3, -0.25) is 0 Å². The van der Waals surface area contributed by atoms with E-state index in [-0.39, 0.29) is 6.10 Å². The third-order valence-corrected chi connectivity index (χ3v) is 2.53. The lowest BCUT2D eigenvalue weighted by molar-refractivity contribution is 0.242. The van der Waals surface area contributed by atoms with Crippen LogP contribution in [0, 0.1) is 6.07 Å². The lowest BCUT2D eigenvalue weighted by Crippen LogP contribution is -2.05. The number of ether oxygens (including phenoxy) is 2. The summed E-state index contributed by atoms with van der Waals surface area (Å²) in [5, 5.41) is 0. The zero-order chi connectivity index (χ0) is 13.0. The van der Waals surface area contributed by atoms with Crippen molar-refractivity contribution in [3.8, 4) is 22.6 Å². The van der Waals surface area contributed by atoms with Crippen LogP contribution in [0.5, 0.6) is 11.5 Å².